The van der Waals surface area contributed by atoms with Gasteiger partial charge < -0.3 is 10.1 Å². The monoisotopic (exact) mass is 215 g/mol. The van der Waals surface area contributed by atoms with E-state index in [1.165, 1.54) is 32.1 Å². The highest BCUT2D eigenvalue weighted by Gasteiger charge is 1.99. The summed E-state index contributed by atoms with van der Waals surface area (Å²) < 4.78 is 5.29. The standard InChI is InChI=1S/C13H29NO/c1-4-6-7-8-10-13(3)14-11-9-12-15-5-2/h13-14H,4-12H2,1-3H3. The van der Waals surface area contributed by atoms with Crippen molar-refractivity contribution >= 4 is 0 Å². The number of rotatable bonds is 11. The fourth-order valence-corrected chi connectivity index (χ4v) is 1.65. The maximum Gasteiger partial charge on any atom is 0.0477 e. The Labute approximate surface area is 95.8 Å². The minimum absolute atomic E-state index is 0.670. The van der Waals surface area contributed by atoms with Gasteiger partial charge in [-0.05, 0) is 33.2 Å². The summed E-state index contributed by atoms with van der Waals surface area (Å²) >= 11 is 0. The van der Waals surface area contributed by atoms with E-state index in [-0.39, 0.29) is 0 Å². The van der Waals surface area contributed by atoms with Crippen LogP contribution in [0.3, 0.4) is 0 Å². The Morgan fingerprint density at radius 3 is 2.53 bits per heavy atom. The summed E-state index contributed by atoms with van der Waals surface area (Å²) in [5.41, 5.74) is 0. The molecule has 1 N–H and O–H groups in total. The van der Waals surface area contributed by atoms with Crippen molar-refractivity contribution in [2.75, 3.05) is 19.8 Å². The lowest BCUT2D eigenvalue weighted by Crippen LogP contribution is -2.27. The molecule has 0 heterocycles. The van der Waals surface area contributed by atoms with Crippen LogP contribution in [0.5, 0.6) is 0 Å². The molecule has 0 saturated heterocycles. The van der Waals surface area contributed by atoms with Gasteiger partial charge in [0.1, 0.15) is 0 Å². The van der Waals surface area contributed by atoms with E-state index in [1.807, 2.05) is 6.92 Å². The highest BCUT2D eigenvalue weighted by Crippen LogP contribution is 2.04. The van der Waals surface area contributed by atoms with Crippen LogP contribution in [0.15, 0.2) is 0 Å². The van der Waals surface area contributed by atoms with Gasteiger partial charge in [-0.3, -0.25) is 0 Å². The Kier molecular flexibility index (Phi) is 11.9. The number of ether oxygens (including phenoxy) is 1. The average Bonchev–Trinajstić information content (AvgIpc) is 2.24. The minimum atomic E-state index is 0.670. The molecule has 15 heavy (non-hydrogen) atoms. The molecular weight excluding hydrogens is 186 g/mol. The fourth-order valence-electron chi connectivity index (χ4n) is 1.65. The van der Waals surface area contributed by atoms with Crippen LogP contribution in [-0.4, -0.2) is 25.8 Å². The molecule has 0 aromatic carbocycles. The van der Waals surface area contributed by atoms with Crippen molar-refractivity contribution in [1.82, 2.24) is 5.32 Å². The second-order valence-electron chi connectivity index (χ2n) is 4.25. The molecule has 0 aromatic rings. The Balaban J connectivity index is 3.08. The number of nitrogens with one attached hydrogen (secondary N) is 1. The van der Waals surface area contributed by atoms with Gasteiger partial charge in [-0.15, -0.1) is 0 Å². The summed E-state index contributed by atoms with van der Waals surface area (Å²) in [6.45, 7) is 9.42. The van der Waals surface area contributed by atoms with Crippen LogP contribution < -0.4 is 5.32 Å². The Hall–Kier alpha value is -0.0800. The largest absolute Gasteiger partial charge is 0.382 e. The van der Waals surface area contributed by atoms with E-state index in [4.69, 9.17) is 4.74 Å². The molecule has 0 bridgehead atoms. The topological polar surface area (TPSA) is 21.3 Å². The Morgan fingerprint density at radius 2 is 1.87 bits per heavy atom. The first kappa shape index (κ1) is 14.9. The molecule has 0 rings (SSSR count). The lowest BCUT2D eigenvalue weighted by atomic mass is 10.1. The minimum Gasteiger partial charge on any atom is -0.382 e. The van der Waals surface area contributed by atoms with E-state index in [0.717, 1.165) is 26.2 Å². The van der Waals surface area contributed by atoms with Crippen molar-refractivity contribution < 1.29 is 4.74 Å². The predicted molar refractivity (Wildman–Crippen MR) is 67.3 cm³/mol. The van der Waals surface area contributed by atoms with Gasteiger partial charge in [0.25, 0.3) is 0 Å². The zero-order chi connectivity index (χ0) is 11.4. The van der Waals surface area contributed by atoms with Gasteiger partial charge in [-0.25, -0.2) is 0 Å². The third-order valence-corrected chi connectivity index (χ3v) is 2.65. The summed E-state index contributed by atoms with van der Waals surface area (Å²) in [5.74, 6) is 0. The van der Waals surface area contributed by atoms with E-state index in [9.17, 15) is 0 Å². The van der Waals surface area contributed by atoms with E-state index in [0.29, 0.717) is 6.04 Å². The Morgan fingerprint density at radius 1 is 1.07 bits per heavy atom. The van der Waals surface area contributed by atoms with Crippen LogP contribution in [0.4, 0.5) is 0 Å². The molecule has 92 valence electrons. The van der Waals surface area contributed by atoms with Crippen LogP contribution >= 0.6 is 0 Å². The molecule has 0 fully saturated rings. The van der Waals surface area contributed by atoms with Crippen LogP contribution in [0.25, 0.3) is 0 Å². The second-order valence-corrected chi connectivity index (χ2v) is 4.25. The van der Waals surface area contributed by atoms with E-state index in [1.54, 1.807) is 0 Å². The van der Waals surface area contributed by atoms with Gasteiger partial charge in [0.05, 0.1) is 0 Å². The average molecular weight is 215 g/mol. The van der Waals surface area contributed by atoms with Gasteiger partial charge in [0.2, 0.25) is 0 Å². The van der Waals surface area contributed by atoms with Crippen molar-refractivity contribution in [2.24, 2.45) is 0 Å². The molecular formula is C13H29NO. The molecule has 1 unspecified atom stereocenters. The SMILES string of the molecule is CCCCCCC(C)NCCCOCC. The maximum absolute atomic E-state index is 5.29. The van der Waals surface area contributed by atoms with Gasteiger partial charge in [-0.1, -0.05) is 32.6 Å². The van der Waals surface area contributed by atoms with Gasteiger partial charge in [-0.2, -0.15) is 0 Å². The smallest absolute Gasteiger partial charge is 0.0477 e. The number of hydrogen-bond donors (Lipinski definition) is 1. The third kappa shape index (κ3) is 11.8. The first-order valence-corrected chi connectivity index (χ1v) is 6.62. The van der Waals surface area contributed by atoms with Crippen LogP contribution in [0, 0.1) is 0 Å². The molecule has 0 amide bonds. The highest BCUT2D eigenvalue weighted by molar-refractivity contribution is 4.60. The molecule has 0 aliphatic heterocycles. The highest BCUT2D eigenvalue weighted by atomic mass is 16.5. The Bertz CT molecular complexity index is 117. The first-order valence-electron chi connectivity index (χ1n) is 6.62. The summed E-state index contributed by atoms with van der Waals surface area (Å²) in [5, 5.41) is 3.54. The molecule has 0 radical (unpaired) electrons. The predicted octanol–water partition coefficient (Wildman–Crippen LogP) is 3.36. The summed E-state index contributed by atoms with van der Waals surface area (Å²) in [6.07, 6.45) is 7.92. The zero-order valence-corrected chi connectivity index (χ0v) is 10.8. The third-order valence-electron chi connectivity index (χ3n) is 2.65. The van der Waals surface area contributed by atoms with Crippen LogP contribution in [0.2, 0.25) is 0 Å². The quantitative estimate of drug-likeness (QED) is 0.534. The van der Waals surface area contributed by atoms with E-state index in [2.05, 4.69) is 19.2 Å². The van der Waals surface area contributed by atoms with Crippen LogP contribution in [0.1, 0.15) is 59.3 Å². The van der Waals surface area contributed by atoms with Gasteiger partial charge in [0, 0.05) is 19.3 Å². The first-order chi connectivity index (χ1) is 7.31. The lowest BCUT2D eigenvalue weighted by Gasteiger charge is -2.13. The van der Waals surface area contributed by atoms with E-state index >= 15 is 0 Å². The summed E-state index contributed by atoms with van der Waals surface area (Å²) in [6, 6.07) is 0.670. The van der Waals surface area contributed by atoms with Crippen molar-refractivity contribution in [2.45, 2.75) is 65.3 Å². The normalized spacial score (nSPS) is 13.0. The van der Waals surface area contributed by atoms with E-state index < -0.39 is 0 Å². The number of hydrogen-bond acceptors (Lipinski definition) is 2. The molecule has 1 atom stereocenters. The molecule has 0 saturated carbocycles. The summed E-state index contributed by atoms with van der Waals surface area (Å²) in [7, 11) is 0. The number of unbranched alkanes of at least 4 members (excludes halogenated alkanes) is 3. The maximum atomic E-state index is 5.29. The van der Waals surface area contributed by atoms with Crippen molar-refractivity contribution in [3.63, 3.8) is 0 Å². The molecule has 2 nitrogen and oxygen atoms in total. The molecule has 0 aliphatic rings. The second kappa shape index (κ2) is 12.0. The van der Waals surface area contributed by atoms with Crippen LogP contribution in [-0.2, 0) is 4.74 Å². The lowest BCUT2D eigenvalue weighted by molar-refractivity contribution is 0.144. The molecule has 0 spiro atoms. The molecule has 0 aliphatic carbocycles. The van der Waals surface area contributed by atoms with Gasteiger partial charge >= 0.3 is 0 Å². The van der Waals surface area contributed by atoms with Gasteiger partial charge in [0.15, 0.2) is 0 Å². The fraction of sp³-hybridized carbons (Fsp3) is 1.00. The zero-order valence-electron chi connectivity index (χ0n) is 10.8. The van der Waals surface area contributed by atoms with Crippen molar-refractivity contribution in [1.29, 1.82) is 0 Å². The molecule has 2 heteroatoms. The molecule has 0 aromatic heterocycles. The summed E-state index contributed by atoms with van der Waals surface area (Å²) in [4.78, 5) is 0. The van der Waals surface area contributed by atoms with Crippen molar-refractivity contribution in [3.8, 4) is 0 Å². The van der Waals surface area contributed by atoms with Crippen molar-refractivity contribution in [3.05, 3.63) is 0 Å².